The van der Waals surface area contributed by atoms with Crippen molar-refractivity contribution in [3.8, 4) is 0 Å². The van der Waals surface area contributed by atoms with Gasteiger partial charge in [0.2, 0.25) is 5.91 Å². The molecule has 3 rings (SSSR count). The largest absolute Gasteiger partial charge is 0.326 e. The normalized spacial score (nSPS) is 26.2. The number of para-hydroxylation sites is 1. The van der Waals surface area contributed by atoms with Crippen LogP contribution in [0.15, 0.2) is 24.3 Å². The first-order valence-corrected chi connectivity index (χ1v) is 6.49. The third-order valence-corrected chi connectivity index (χ3v) is 4.33. The minimum absolute atomic E-state index is 0.0402. The number of fused-ring (bicyclic) bond motifs is 1. The Morgan fingerprint density at radius 2 is 2.00 bits per heavy atom. The summed E-state index contributed by atoms with van der Waals surface area (Å²) < 4.78 is 0. The number of carbonyl (C=O) groups excluding carboxylic acids is 1. The number of benzene rings is 1. The van der Waals surface area contributed by atoms with Crippen molar-refractivity contribution in [2.24, 2.45) is 11.8 Å². The molecule has 90 valence electrons. The average Bonchev–Trinajstić information content (AvgIpc) is 3.08. The summed E-state index contributed by atoms with van der Waals surface area (Å²) in [5.74, 6) is 1.13. The van der Waals surface area contributed by atoms with E-state index in [0.717, 1.165) is 18.0 Å². The van der Waals surface area contributed by atoms with Crippen LogP contribution in [0.4, 0.5) is 5.69 Å². The summed E-state index contributed by atoms with van der Waals surface area (Å²) in [5.41, 5.74) is 2.24. The molecule has 1 saturated carbocycles. The van der Waals surface area contributed by atoms with Crippen molar-refractivity contribution < 1.29 is 4.79 Å². The molecule has 1 amide bonds. The highest BCUT2D eigenvalue weighted by Gasteiger charge is 2.44. The molecule has 2 aliphatic rings. The first kappa shape index (κ1) is 10.8. The SMILES string of the molecule is CC1(C)c2ccccc2NC(=O)C1CC1CC1. The summed E-state index contributed by atoms with van der Waals surface area (Å²) in [7, 11) is 0. The van der Waals surface area contributed by atoms with E-state index in [2.05, 4.69) is 31.3 Å². The fourth-order valence-electron chi connectivity index (χ4n) is 2.98. The molecule has 1 N–H and O–H groups in total. The lowest BCUT2D eigenvalue weighted by Crippen LogP contribution is -2.43. The Hall–Kier alpha value is -1.31. The first-order valence-electron chi connectivity index (χ1n) is 6.49. The first-order chi connectivity index (χ1) is 8.09. The molecule has 1 aliphatic heterocycles. The third-order valence-electron chi connectivity index (χ3n) is 4.33. The smallest absolute Gasteiger partial charge is 0.228 e. The minimum atomic E-state index is -0.0402. The topological polar surface area (TPSA) is 29.1 Å². The fraction of sp³-hybridized carbons (Fsp3) is 0.533. The van der Waals surface area contributed by atoms with Crippen molar-refractivity contribution in [3.05, 3.63) is 29.8 Å². The van der Waals surface area contributed by atoms with Crippen molar-refractivity contribution in [2.75, 3.05) is 5.32 Å². The number of hydrogen-bond acceptors (Lipinski definition) is 1. The average molecular weight is 229 g/mol. The van der Waals surface area contributed by atoms with E-state index >= 15 is 0 Å². The molecule has 0 saturated heterocycles. The van der Waals surface area contributed by atoms with Crippen LogP contribution < -0.4 is 5.32 Å². The van der Waals surface area contributed by atoms with E-state index in [0.29, 0.717) is 0 Å². The number of rotatable bonds is 2. The molecule has 1 atom stereocenters. The van der Waals surface area contributed by atoms with Gasteiger partial charge in [0, 0.05) is 17.0 Å². The van der Waals surface area contributed by atoms with Gasteiger partial charge in [0.05, 0.1) is 0 Å². The lowest BCUT2D eigenvalue weighted by molar-refractivity contribution is -0.122. The monoisotopic (exact) mass is 229 g/mol. The summed E-state index contributed by atoms with van der Waals surface area (Å²) in [6.45, 7) is 4.41. The van der Waals surface area contributed by atoms with Crippen LogP contribution in [0.25, 0.3) is 0 Å². The van der Waals surface area contributed by atoms with E-state index in [1.807, 2.05) is 12.1 Å². The van der Waals surface area contributed by atoms with E-state index < -0.39 is 0 Å². The van der Waals surface area contributed by atoms with Crippen LogP contribution in [0.1, 0.15) is 38.7 Å². The van der Waals surface area contributed by atoms with Crippen LogP contribution in [-0.4, -0.2) is 5.91 Å². The van der Waals surface area contributed by atoms with Crippen LogP contribution in [0.3, 0.4) is 0 Å². The van der Waals surface area contributed by atoms with Crippen molar-refractivity contribution >= 4 is 11.6 Å². The van der Waals surface area contributed by atoms with Crippen LogP contribution in [-0.2, 0) is 10.2 Å². The van der Waals surface area contributed by atoms with Gasteiger partial charge in [0.15, 0.2) is 0 Å². The fourth-order valence-corrected chi connectivity index (χ4v) is 2.98. The summed E-state index contributed by atoms with van der Waals surface area (Å²) in [4.78, 5) is 12.2. The maximum Gasteiger partial charge on any atom is 0.228 e. The van der Waals surface area contributed by atoms with E-state index in [4.69, 9.17) is 0 Å². The highest BCUT2D eigenvalue weighted by Crippen LogP contribution is 2.47. The second-order valence-corrected chi connectivity index (χ2v) is 5.99. The lowest BCUT2D eigenvalue weighted by atomic mass is 9.68. The Balaban J connectivity index is 1.99. The molecule has 0 radical (unpaired) electrons. The summed E-state index contributed by atoms with van der Waals surface area (Å²) in [5, 5.41) is 3.06. The molecule has 1 unspecified atom stereocenters. The summed E-state index contributed by atoms with van der Waals surface area (Å²) >= 11 is 0. The van der Waals surface area contributed by atoms with Gasteiger partial charge in [-0.2, -0.15) is 0 Å². The van der Waals surface area contributed by atoms with E-state index in [9.17, 15) is 4.79 Å². The molecule has 1 heterocycles. The number of amides is 1. The van der Waals surface area contributed by atoms with Gasteiger partial charge in [-0.1, -0.05) is 44.9 Å². The standard InChI is InChI=1S/C15H19NO/c1-15(2)11-5-3-4-6-13(11)16-14(17)12(15)9-10-7-8-10/h3-6,10,12H,7-9H2,1-2H3,(H,16,17). The van der Waals surface area contributed by atoms with Gasteiger partial charge >= 0.3 is 0 Å². The number of carbonyl (C=O) groups is 1. The highest BCUT2D eigenvalue weighted by molar-refractivity contribution is 5.97. The maximum atomic E-state index is 12.2. The molecule has 1 aliphatic carbocycles. The predicted molar refractivity (Wildman–Crippen MR) is 68.9 cm³/mol. The van der Waals surface area contributed by atoms with Crippen LogP contribution >= 0.6 is 0 Å². The molecular weight excluding hydrogens is 210 g/mol. The van der Waals surface area contributed by atoms with Crippen molar-refractivity contribution in [3.63, 3.8) is 0 Å². The summed E-state index contributed by atoms with van der Waals surface area (Å²) in [6, 6.07) is 8.19. The van der Waals surface area contributed by atoms with Gasteiger partial charge in [0.1, 0.15) is 0 Å². The number of hydrogen-bond donors (Lipinski definition) is 1. The molecule has 0 bridgehead atoms. The quantitative estimate of drug-likeness (QED) is 0.828. The van der Waals surface area contributed by atoms with Crippen molar-refractivity contribution in [1.29, 1.82) is 0 Å². The maximum absolute atomic E-state index is 12.2. The molecule has 2 nitrogen and oxygen atoms in total. The van der Waals surface area contributed by atoms with Crippen molar-refractivity contribution in [2.45, 2.75) is 38.5 Å². The van der Waals surface area contributed by atoms with Gasteiger partial charge in [-0.3, -0.25) is 4.79 Å². The Labute approximate surface area is 102 Å². The molecule has 1 fully saturated rings. The Kier molecular flexibility index (Phi) is 2.29. The summed E-state index contributed by atoms with van der Waals surface area (Å²) in [6.07, 6.45) is 3.66. The van der Waals surface area contributed by atoms with Gasteiger partial charge in [-0.05, 0) is 24.0 Å². The zero-order valence-corrected chi connectivity index (χ0v) is 10.5. The van der Waals surface area contributed by atoms with Gasteiger partial charge < -0.3 is 5.32 Å². The zero-order chi connectivity index (χ0) is 12.0. The van der Waals surface area contributed by atoms with Gasteiger partial charge in [0.25, 0.3) is 0 Å². The molecule has 17 heavy (non-hydrogen) atoms. The second kappa shape index (κ2) is 3.59. The van der Waals surface area contributed by atoms with E-state index in [1.54, 1.807) is 0 Å². The van der Waals surface area contributed by atoms with Crippen molar-refractivity contribution in [1.82, 2.24) is 0 Å². The Morgan fingerprint density at radius 1 is 1.29 bits per heavy atom. The zero-order valence-electron chi connectivity index (χ0n) is 10.5. The number of anilines is 1. The van der Waals surface area contributed by atoms with E-state index in [-0.39, 0.29) is 17.2 Å². The lowest BCUT2D eigenvalue weighted by Gasteiger charge is -2.39. The molecule has 0 aromatic heterocycles. The molecule has 1 aromatic carbocycles. The Morgan fingerprint density at radius 3 is 2.71 bits per heavy atom. The van der Waals surface area contributed by atoms with Crippen LogP contribution in [0.2, 0.25) is 0 Å². The second-order valence-electron chi connectivity index (χ2n) is 5.99. The third kappa shape index (κ3) is 1.76. The number of nitrogens with one attached hydrogen (secondary N) is 1. The molecule has 2 heteroatoms. The van der Waals surface area contributed by atoms with Crippen LogP contribution in [0.5, 0.6) is 0 Å². The van der Waals surface area contributed by atoms with E-state index in [1.165, 1.54) is 18.4 Å². The van der Waals surface area contributed by atoms with Gasteiger partial charge in [-0.25, -0.2) is 0 Å². The minimum Gasteiger partial charge on any atom is -0.326 e. The van der Waals surface area contributed by atoms with Gasteiger partial charge in [-0.15, -0.1) is 0 Å². The molecule has 0 spiro atoms. The van der Waals surface area contributed by atoms with Crippen LogP contribution in [0, 0.1) is 11.8 Å². The molecule has 1 aromatic rings. The molecular formula is C15H19NO. The highest BCUT2D eigenvalue weighted by atomic mass is 16.2. The Bertz CT molecular complexity index is 460. The predicted octanol–water partition coefficient (Wildman–Crippen LogP) is 3.33.